The van der Waals surface area contributed by atoms with Gasteiger partial charge in [0.2, 0.25) is 0 Å². The van der Waals surface area contributed by atoms with Gasteiger partial charge in [0.15, 0.2) is 5.82 Å². The molecule has 88 valence electrons. The number of nitrogens with zero attached hydrogens (tertiary/aromatic N) is 5. The number of benzene rings is 1. The lowest BCUT2D eigenvalue weighted by molar-refractivity contribution is 0.764. The predicted octanol–water partition coefficient (Wildman–Crippen LogP) is 1.85. The first-order valence-corrected chi connectivity index (χ1v) is 5.56. The van der Waals surface area contributed by atoms with Crippen LogP contribution in [0.25, 0.3) is 22.6 Å². The Balaban J connectivity index is 2.37. The topological polar surface area (TPSA) is 59.4 Å². The van der Waals surface area contributed by atoms with E-state index in [2.05, 4.69) is 16.2 Å². The van der Waals surface area contributed by atoms with E-state index in [9.17, 15) is 0 Å². The average molecular weight is 237 g/mol. The molecule has 0 amide bonds. The number of rotatable bonds is 1. The van der Waals surface area contributed by atoms with E-state index < -0.39 is 0 Å². The molecule has 2 heterocycles. The highest BCUT2D eigenvalue weighted by molar-refractivity contribution is 5.85. The maximum absolute atomic E-state index is 9.10. The highest BCUT2D eigenvalue weighted by atomic mass is 15.3. The Morgan fingerprint density at radius 2 is 2.06 bits per heavy atom. The third-order valence-corrected chi connectivity index (χ3v) is 3.08. The van der Waals surface area contributed by atoms with Crippen LogP contribution in [0, 0.1) is 11.3 Å². The van der Waals surface area contributed by atoms with Gasteiger partial charge in [0.25, 0.3) is 0 Å². The van der Waals surface area contributed by atoms with Crippen LogP contribution in [0.5, 0.6) is 0 Å². The molecule has 3 rings (SSSR count). The van der Waals surface area contributed by atoms with E-state index in [4.69, 9.17) is 5.26 Å². The Bertz CT molecular complexity index is 772. The van der Waals surface area contributed by atoms with Crippen LogP contribution in [0.4, 0.5) is 0 Å². The second kappa shape index (κ2) is 3.70. The van der Waals surface area contributed by atoms with E-state index in [-0.39, 0.29) is 0 Å². The molecule has 0 unspecified atom stereocenters. The van der Waals surface area contributed by atoms with E-state index in [1.807, 2.05) is 36.9 Å². The van der Waals surface area contributed by atoms with Crippen molar-refractivity contribution < 1.29 is 0 Å². The van der Waals surface area contributed by atoms with Gasteiger partial charge in [0, 0.05) is 20.3 Å². The lowest BCUT2D eigenvalue weighted by Crippen LogP contribution is -1.99. The van der Waals surface area contributed by atoms with Crippen LogP contribution in [-0.4, -0.2) is 19.3 Å². The molecule has 3 aromatic rings. The van der Waals surface area contributed by atoms with Gasteiger partial charge in [-0.2, -0.15) is 10.4 Å². The van der Waals surface area contributed by atoms with E-state index in [0.29, 0.717) is 5.56 Å². The molecule has 0 fully saturated rings. The molecule has 5 nitrogen and oxygen atoms in total. The van der Waals surface area contributed by atoms with Gasteiger partial charge in [-0.1, -0.05) is 6.07 Å². The van der Waals surface area contributed by atoms with Gasteiger partial charge in [-0.15, -0.1) is 0 Å². The lowest BCUT2D eigenvalue weighted by atomic mass is 10.2. The van der Waals surface area contributed by atoms with Gasteiger partial charge >= 0.3 is 0 Å². The number of nitriles is 1. The molecule has 0 atom stereocenters. The normalized spacial score (nSPS) is 10.7. The Morgan fingerprint density at radius 3 is 2.72 bits per heavy atom. The van der Waals surface area contributed by atoms with Crippen molar-refractivity contribution >= 4 is 11.0 Å². The quantitative estimate of drug-likeness (QED) is 0.649. The lowest BCUT2D eigenvalue weighted by Gasteiger charge is -2.02. The molecule has 0 aliphatic heterocycles. The summed E-state index contributed by atoms with van der Waals surface area (Å²) in [5, 5.41) is 13.2. The summed E-state index contributed by atoms with van der Waals surface area (Å²) in [5.74, 6) is 0.813. The smallest absolute Gasteiger partial charge is 0.159 e. The fourth-order valence-corrected chi connectivity index (χ4v) is 2.13. The fraction of sp³-hybridized carbons (Fsp3) is 0.154. The molecule has 1 aromatic carbocycles. The number of hydrogen-bond acceptors (Lipinski definition) is 3. The standard InChI is InChI=1S/C13H11N5/c1-17-10-5-3-4-9(8-14)12(10)16-13(17)11-6-7-15-18(11)2/h3-7H,1-2H3. The summed E-state index contributed by atoms with van der Waals surface area (Å²) in [6.07, 6.45) is 1.74. The van der Waals surface area contributed by atoms with E-state index in [1.54, 1.807) is 16.9 Å². The minimum Gasteiger partial charge on any atom is -0.326 e. The average Bonchev–Trinajstić information content (AvgIpc) is 2.93. The largest absolute Gasteiger partial charge is 0.326 e. The van der Waals surface area contributed by atoms with Crippen LogP contribution in [0.1, 0.15) is 5.56 Å². The summed E-state index contributed by atoms with van der Waals surface area (Å²) >= 11 is 0. The Labute approximate surface area is 104 Å². The SMILES string of the molecule is Cn1nccc1-c1nc2c(C#N)cccc2n1C. The Hall–Kier alpha value is -2.61. The summed E-state index contributed by atoms with van der Waals surface area (Å²) in [7, 11) is 3.82. The van der Waals surface area contributed by atoms with Gasteiger partial charge in [-0.25, -0.2) is 4.98 Å². The molecule has 2 aromatic heterocycles. The Kier molecular flexibility index (Phi) is 2.17. The molecule has 0 aliphatic carbocycles. The zero-order valence-electron chi connectivity index (χ0n) is 10.1. The van der Waals surface area contributed by atoms with Crippen molar-refractivity contribution in [1.29, 1.82) is 5.26 Å². The second-order valence-electron chi connectivity index (χ2n) is 4.12. The molecule has 0 spiro atoms. The molecule has 0 saturated carbocycles. The molecular weight excluding hydrogens is 226 g/mol. The van der Waals surface area contributed by atoms with Crippen LogP contribution >= 0.6 is 0 Å². The van der Waals surface area contributed by atoms with Crippen LogP contribution in [0.15, 0.2) is 30.5 Å². The van der Waals surface area contributed by atoms with Crippen LogP contribution in [0.3, 0.4) is 0 Å². The minimum atomic E-state index is 0.594. The number of fused-ring (bicyclic) bond motifs is 1. The van der Waals surface area contributed by atoms with E-state index in [1.165, 1.54) is 0 Å². The minimum absolute atomic E-state index is 0.594. The summed E-state index contributed by atoms with van der Waals surface area (Å²) in [4.78, 5) is 4.57. The van der Waals surface area contributed by atoms with Crippen molar-refractivity contribution in [2.24, 2.45) is 14.1 Å². The maximum Gasteiger partial charge on any atom is 0.159 e. The molecule has 5 heteroatoms. The molecule has 0 N–H and O–H groups in total. The zero-order chi connectivity index (χ0) is 12.7. The first kappa shape index (κ1) is 10.5. The second-order valence-corrected chi connectivity index (χ2v) is 4.12. The first-order chi connectivity index (χ1) is 8.72. The van der Waals surface area contributed by atoms with Crippen molar-refractivity contribution in [2.75, 3.05) is 0 Å². The molecule has 0 radical (unpaired) electrons. The summed E-state index contributed by atoms with van der Waals surface area (Å²) in [6, 6.07) is 9.69. The molecule has 0 saturated heterocycles. The van der Waals surface area contributed by atoms with E-state index >= 15 is 0 Å². The highest BCUT2D eigenvalue weighted by Crippen LogP contribution is 2.24. The van der Waals surface area contributed by atoms with Crippen LogP contribution in [0.2, 0.25) is 0 Å². The third-order valence-electron chi connectivity index (χ3n) is 3.08. The monoisotopic (exact) mass is 237 g/mol. The van der Waals surface area contributed by atoms with Crippen LogP contribution < -0.4 is 0 Å². The number of aryl methyl sites for hydroxylation is 2. The summed E-state index contributed by atoms with van der Waals surface area (Å²) in [6.45, 7) is 0. The van der Waals surface area contributed by atoms with Crippen molar-refractivity contribution in [2.45, 2.75) is 0 Å². The number of para-hydroxylation sites is 1. The number of imidazole rings is 1. The number of aromatic nitrogens is 4. The van der Waals surface area contributed by atoms with Crippen molar-refractivity contribution in [3.8, 4) is 17.6 Å². The van der Waals surface area contributed by atoms with Gasteiger partial charge < -0.3 is 4.57 Å². The molecule has 0 aliphatic rings. The van der Waals surface area contributed by atoms with Gasteiger partial charge in [0.1, 0.15) is 17.3 Å². The van der Waals surface area contributed by atoms with Gasteiger partial charge in [-0.05, 0) is 18.2 Å². The van der Waals surface area contributed by atoms with Crippen molar-refractivity contribution in [3.63, 3.8) is 0 Å². The zero-order valence-corrected chi connectivity index (χ0v) is 10.1. The first-order valence-electron chi connectivity index (χ1n) is 5.56. The summed E-state index contributed by atoms with van der Waals surface area (Å²) in [5.41, 5.74) is 3.21. The highest BCUT2D eigenvalue weighted by Gasteiger charge is 2.14. The predicted molar refractivity (Wildman–Crippen MR) is 67.6 cm³/mol. The van der Waals surface area contributed by atoms with Crippen LogP contribution in [-0.2, 0) is 14.1 Å². The van der Waals surface area contributed by atoms with Gasteiger partial charge in [-0.3, -0.25) is 4.68 Å². The molecule has 0 bridgehead atoms. The van der Waals surface area contributed by atoms with E-state index in [0.717, 1.165) is 22.6 Å². The van der Waals surface area contributed by atoms with Crippen molar-refractivity contribution in [1.82, 2.24) is 19.3 Å². The molecule has 18 heavy (non-hydrogen) atoms. The summed E-state index contributed by atoms with van der Waals surface area (Å²) < 4.78 is 3.75. The maximum atomic E-state index is 9.10. The van der Waals surface area contributed by atoms with Gasteiger partial charge in [0.05, 0.1) is 11.1 Å². The fourth-order valence-electron chi connectivity index (χ4n) is 2.13. The number of hydrogen-bond donors (Lipinski definition) is 0. The third kappa shape index (κ3) is 1.32. The Morgan fingerprint density at radius 1 is 1.22 bits per heavy atom. The molecular formula is C13H11N5. The van der Waals surface area contributed by atoms with Crippen molar-refractivity contribution in [3.05, 3.63) is 36.0 Å².